The average molecular weight is 650 g/mol. The Balaban J connectivity index is 1.66. The fourth-order valence-electron chi connectivity index (χ4n) is 4.28. The minimum Gasteiger partial charge on any atom is -0.462 e. The molecular weight excluding hydrogens is 621 g/mol. The fourth-order valence-corrected chi connectivity index (χ4v) is 6.69. The van der Waals surface area contributed by atoms with Crippen LogP contribution in [-0.2, 0) is 30.6 Å². The molecule has 4 rings (SSSR count). The van der Waals surface area contributed by atoms with E-state index in [1.807, 2.05) is 12.1 Å². The Kier molecular flexibility index (Phi) is 9.79. The van der Waals surface area contributed by atoms with Gasteiger partial charge in [0.15, 0.2) is 18.0 Å². The van der Waals surface area contributed by atoms with Crippen LogP contribution in [0.5, 0.6) is 5.75 Å². The van der Waals surface area contributed by atoms with E-state index in [2.05, 4.69) is 5.09 Å². The van der Waals surface area contributed by atoms with Gasteiger partial charge in [0, 0.05) is 0 Å². The lowest BCUT2D eigenvalue weighted by molar-refractivity contribution is -0.182. The Bertz CT molecular complexity index is 1660. The van der Waals surface area contributed by atoms with Gasteiger partial charge in [0.2, 0.25) is 5.82 Å². The number of ether oxygens (including phenoxy) is 2. The van der Waals surface area contributed by atoms with E-state index in [4.69, 9.17) is 30.3 Å². The van der Waals surface area contributed by atoms with Crippen LogP contribution in [0.15, 0.2) is 58.3 Å². The maximum absolute atomic E-state index is 15.5. The van der Waals surface area contributed by atoms with Gasteiger partial charge < -0.3 is 23.6 Å². The van der Waals surface area contributed by atoms with Crippen molar-refractivity contribution in [3.05, 3.63) is 75.3 Å². The molecule has 11 nitrogen and oxygen atoms in total. The first-order valence-electron chi connectivity index (χ1n) is 12.9. The molecule has 1 saturated heterocycles. The zero-order chi connectivity index (χ0) is 31.7. The third-order valence-electron chi connectivity index (χ3n) is 6.43. The van der Waals surface area contributed by atoms with E-state index in [1.54, 1.807) is 43.1 Å². The lowest BCUT2D eigenvalue weighted by Gasteiger charge is -2.33. The molecule has 3 N–H and O–H groups in total. The van der Waals surface area contributed by atoms with E-state index in [0.717, 1.165) is 10.8 Å². The van der Waals surface area contributed by atoms with Crippen molar-refractivity contribution in [3.63, 3.8) is 0 Å². The minimum absolute atomic E-state index is 0.127. The number of esters is 1. The smallest absolute Gasteiger partial charge is 0.330 e. The number of halogens is 4. The number of aromatic nitrogens is 2. The van der Waals surface area contributed by atoms with Crippen molar-refractivity contribution in [1.82, 2.24) is 14.6 Å². The van der Waals surface area contributed by atoms with Crippen molar-refractivity contribution in [3.8, 4) is 5.75 Å². The van der Waals surface area contributed by atoms with Gasteiger partial charge in [-0.25, -0.2) is 23.1 Å². The molecule has 6 atom stereocenters. The van der Waals surface area contributed by atoms with Crippen molar-refractivity contribution < 1.29 is 46.0 Å². The summed E-state index contributed by atoms with van der Waals surface area (Å²) in [5, 5.41) is 14.7. The minimum atomic E-state index is -4.02. The number of rotatable bonds is 11. The molecule has 2 heterocycles. The SMILES string of the molecule is CC(C)OC(=O)C(C)NP(=S)(OCC1(C(F)F)OC(n2cc(F)c(=O)[nH]c2=O)C(O)C1F)Oc1ccc2ccccc2c1. The second kappa shape index (κ2) is 12.8. The summed E-state index contributed by atoms with van der Waals surface area (Å²) in [5.74, 6) is -2.15. The van der Waals surface area contributed by atoms with Gasteiger partial charge >= 0.3 is 18.3 Å². The molecule has 17 heteroatoms. The van der Waals surface area contributed by atoms with Crippen molar-refractivity contribution in [2.45, 2.75) is 63.4 Å². The molecule has 2 aromatic carbocycles. The van der Waals surface area contributed by atoms with Gasteiger partial charge in [-0.15, -0.1) is 0 Å². The van der Waals surface area contributed by atoms with Gasteiger partial charge in [0.05, 0.1) is 18.9 Å². The quantitative estimate of drug-likeness (QED) is 0.161. The number of nitrogens with zero attached hydrogens (tertiary/aromatic N) is 1. The van der Waals surface area contributed by atoms with E-state index >= 15 is 4.39 Å². The van der Waals surface area contributed by atoms with Gasteiger partial charge in [0.1, 0.15) is 17.9 Å². The molecule has 0 bridgehead atoms. The van der Waals surface area contributed by atoms with Crippen LogP contribution in [0.1, 0.15) is 27.0 Å². The van der Waals surface area contributed by atoms with E-state index in [1.165, 1.54) is 13.0 Å². The van der Waals surface area contributed by atoms with Crippen LogP contribution in [0.25, 0.3) is 10.8 Å². The van der Waals surface area contributed by atoms with Gasteiger partial charge in [-0.1, -0.05) is 30.3 Å². The van der Waals surface area contributed by atoms with Crippen LogP contribution in [0, 0.1) is 5.82 Å². The van der Waals surface area contributed by atoms with E-state index in [-0.39, 0.29) is 10.3 Å². The summed E-state index contributed by atoms with van der Waals surface area (Å²) in [4.78, 5) is 37.7. The highest BCUT2D eigenvalue weighted by atomic mass is 32.5. The maximum atomic E-state index is 15.5. The van der Waals surface area contributed by atoms with E-state index < -0.39 is 79.0 Å². The molecule has 234 valence electrons. The number of aromatic amines is 1. The summed E-state index contributed by atoms with van der Waals surface area (Å²) in [6.45, 7) is -0.791. The predicted molar refractivity (Wildman–Crippen MR) is 150 cm³/mol. The summed E-state index contributed by atoms with van der Waals surface area (Å²) in [6.07, 6.45) is -11.4. The van der Waals surface area contributed by atoms with Crippen LogP contribution in [-0.4, -0.2) is 63.7 Å². The normalized spacial score (nSPS) is 24.3. The van der Waals surface area contributed by atoms with Gasteiger partial charge in [0.25, 0.3) is 12.0 Å². The Morgan fingerprint density at radius 1 is 1.21 bits per heavy atom. The first kappa shape index (κ1) is 32.8. The molecule has 0 saturated carbocycles. The molecule has 6 unspecified atom stereocenters. The monoisotopic (exact) mass is 649 g/mol. The first-order valence-corrected chi connectivity index (χ1v) is 15.5. The summed E-state index contributed by atoms with van der Waals surface area (Å²) < 4.78 is 80.5. The zero-order valence-corrected chi connectivity index (χ0v) is 24.6. The lowest BCUT2D eigenvalue weighted by atomic mass is 9.98. The number of aliphatic hydroxyl groups excluding tert-OH is 1. The second-order valence-corrected chi connectivity index (χ2v) is 13.1. The number of benzene rings is 2. The molecule has 0 radical (unpaired) electrons. The highest BCUT2D eigenvalue weighted by Gasteiger charge is 2.62. The van der Waals surface area contributed by atoms with Crippen LogP contribution < -0.4 is 20.9 Å². The number of carbonyl (C=O) groups excluding carboxylic acids is 1. The molecule has 43 heavy (non-hydrogen) atoms. The number of fused-ring (bicyclic) bond motifs is 1. The summed E-state index contributed by atoms with van der Waals surface area (Å²) >= 11 is 5.55. The molecule has 1 aromatic heterocycles. The maximum Gasteiger partial charge on any atom is 0.330 e. The van der Waals surface area contributed by atoms with Crippen LogP contribution in [0.3, 0.4) is 0 Å². The average Bonchev–Trinajstić information content (AvgIpc) is 3.19. The summed E-state index contributed by atoms with van der Waals surface area (Å²) in [5.41, 5.74) is -6.01. The number of H-pyrrole nitrogens is 1. The molecule has 1 fully saturated rings. The summed E-state index contributed by atoms with van der Waals surface area (Å²) in [6, 6.07) is 10.8. The Labute approximate surface area is 246 Å². The first-order chi connectivity index (χ1) is 20.2. The number of aliphatic hydroxyl groups is 1. The number of nitrogens with one attached hydrogen (secondary N) is 2. The van der Waals surface area contributed by atoms with Gasteiger partial charge in [-0.2, -0.15) is 4.39 Å². The van der Waals surface area contributed by atoms with Crippen LogP contribution >= 0.6 is 6.64 Å². The van der Waals surface area contributed by atoms with Crippen molar-refractivity contribution >= 4 is 35.2 Å². The van der Waals surface area contributed by atoms with Crippen LogP contribution in [0.4, 0.5) is 17.6 Å². The van der Waals surface area contributed by atoms with Gasteiger partial charge in [-0.05, 0) is 55.5 Å². The number of hydrogen-bond acceptors (Lipinski definition) is 9. The van der Waals surface area contributed by atoms with Crippen molar-refractivity contribution in [2.75, 3.05) is 6.61 Å². The molecular formula is C26H28F4N3O8PS. The second-order valence-electron chi connectivity index (χ2n) is 10.0. The summed E-state index contributed by atoms with van der Waals surface area (Å²) in [7, 11) is 0. The third-order valence-corrected chi connectivity index (χ3v) is 8.91. The van der Waals surface area contributed by atoms with Crippen molar-refractivity contribution in [2.24, 2.45) is 0 Å². The number of alkyl halides is 3. The van der Waals surface area contributed by atoms with Gasteiger partial charge in [-0.3, -0.25) is 19.1 Å². The number of carbonyl (C=O) groups is 1. The Morgan fingerprint density at radius 2 is 1.88 bits per heavy atom. The largest absolute Gasteiger partial charge is 0.462 e. The standard InChI is InChI=1S/C26H28F4N3O8PS/c1-13(2)39-23(36)14(3)32-42(43,41-17-9-8-15-6-4-5-7-16(15)10-17)38-12-26(24(29)30)20(28)19(34)22(40-26)33-11-18(27)21(35)31-25(33)37/h4-11,13-14,19-20,22,24,34H,12H2,1-3H3,(H,32,43)(H,31,35,37). The zero-order valence-electron chi connectivity index (χ0n) is 22.9. The molecule has 0 aliphatic carbocycles. The number of hydrogen-bond donors (Lipinski definition) is 3. The fraction of sp³-hybridized carbons (Fsp3) is 0.423. The molecule has 0 spiro atoms. The Hall–Kier alpha value is -3.14. The third kappa shape index (κ3) is 7.00. The van der Waals surface area contributed by atoms with E-state index in [9.17, 15) is 32.7 Å². The van der Waals surface area contributed by atoms with Crippen molar-refractivity contribution in [1.29, 1.82) is 0 Å². The molecule has 3 aromatic rings. The predicted octanol–water partition coefficient (Wildman–Crippen LogP) is 3.31. The molecule has 0 amide bonds. The van der Waals surface area contributed by atoms with Crippen LogP contribution in [0.2, 0.25) is 0 Å². The highest BCUT2D eigenvalue weighted by Crippen LogP contribution is 2.50. The van der Waals surface area contributed by atoms with E-state index in [0.29, 0.717) is 6.20 Å². The molecule has 1 aliphatic rings. The topological polar surface area (TPSA) is 141 Å². The lowest BCUT2D eigenvalue weighted by Crippen LogP contribution is -2.51. The Morgan fingerprint density at radius 3 is 2.53 bits per heavy atom. The highest BCUT2D eigenvalue weighted by molar-refractivity contribution is 8.09. The molecule has 1 aliphatic heterocycles.